The van der Waals surface area contributed by atoms with Crippen molar-refractivity contribution >= 4 is 32.9 Å². The summed E-state index contributed by atoms with van der Waals surface area (Å²) >= 11 is 0. The molecule has 2 aromatic rings. The minimum atomic E-state index is -2.96. The van der Waals surface area contributed by atoms with Gasteiger partial charge in [0.1, 0.15) is 11.3 Å². The lowest BCUT2D eigenvalue weighted by Crippen LogP contribution is -2.21. The van der Waals surface area contributed by atoms with Crippen molar-refractivity contribution in [2.45, 2.75) is 26.2 Å². The maximum absolute atomic E-state index is 11.9. The van der Waals surface area contributed by atoms with Crippen LogP contribution in [0.25, 0.3) is 11.0 Å². The van der Waals surface area contributed by atoms with Crippen molar-refractivity contribution < 1.29 is 17.6 Å². The smallest absolute Gasteiger partial charge is 0.240 e. The van der Waals surface area contributed by atoms with E-state index in [1.165, 1.54) is 0 Å². The van der Waals surface area contributed by atoms with Gasteiger partial charge in [0.2, 0.25) is 5.91 Å². The molecule has 1 aromatic carbocycles. The number of benzene rings is 1. The number of nitrogens with zero attached hydrogens (tertiary/aromatic N) is 1. The summed E-state index contributed by atoms with van der Waals surface area (Å²) in [6, 6.07) is 7.67. The molecule has 1 saturated heterocycles. The Labute approximate surface area is 140 Å². The fourth-order valence-electron chi connectivity index (χ4n) is 3.03. The van der Waals surface area contributed by atoms with Crippen molar-refractivity contribution in [2.75, 3.05) is 11.5 Å². The summed E-state index contributed by atoms with van der Waals surface area (Å²) < 4.78 is 28.6. The number of hydrogen-bond donors (Lipinski definition) is 1. The first-order valence-electron chi connectivity index (χ1n) is 8.01. The fraction of sp³-hybridized carbons (Fsp3) is 0.412. The van der Waals surface area contributed by atoms with E-state index in [-0.39, 0.29) is 29.8 Å². The lowest BCUT2D eigenvalue weighted by atomic mass is 10.1. The molecule has 6 nitrogen and oxygen atoms in total. The van der Waals surface area contributed by atoms with Gasteiger partial charge in [-0.05, 0) is 18.4 Å². The first-order chi connectivity index (χ1) is 11.5. The van der Waals surface area contributed by atoms with Gasteiger partial charge in [-0.25, -0.2) is 13.8 Å². The summed E-state index contributed by atoms with van der Waals surface area (Å²) in [4.78, 5) is 11.9. The number of carbonyl (C=O) groups is 1. The average molecular weight is 348 g/mol. The molecule has 1 aliphatic rings. The fourth-order valence-corrected chi connectivity index (χ4v) is 4.89. The third kappa shape index (κ3) is 3.67. The van der Waals surface area contributed by atoms with Crippen LogP contribution in [0.5, 0.6) is 0 Å². The molecule has 1 fully saturated rings. The second-order valence-corrected chi connectivity index (χ2v) is 8.28. The van der Waals surface area contributed by atoms with Crippen LogP contribution in [0.3, 0.4) is 0 Å². The summed E-state index contributed by atoms with van der Waals surface area (Å²) in [5.74, 6) is 0.715. The van der Waals surface area contributed by atoms with E-state index in [0.717, 1.165) is 28.7 Å². The molecule has 24 heavy (non-hydrogen) atoms. The van der Waals surface area contributed by atoms with Crippen LogP contribution in [-0.2, 0) is 21.1 Å². The number of nitrogens with one attached hydrogen (secondary N) is 1. The molecule has 1 amide bonds. The summed E-state index contributed by atoms with van der Waals surface area (Å²) in [5, 5.41) is 4.97. The number of carbonyl (C=O) groups excluding carboxylic acids is 1. The normalized spacial score (nSPS) is 20.0. The van der Waals surface area contributed by atoms with Crippen LogP contribution in [-0.4, -0.2) is 32.0 Å². The van der Waals surface area contributed by atoms with E-state index in [1.807, 2.05) is 31.2 Å². The van der Waals surface area contributed by atoms with Crippen LogP contribution in [0.1, 0.15) is 31.1 Å². The molecule has 0 aliphatic carbocycles. The molecule has 3 rings (SSSR count). The molecule has 0 saturated carbocycles. The zero-order valence-corrected chi connectivity index (χ0v) is 14.3. The molecule has 0 radical (unpaired) electrons. The quantitative estimate of drug-likeness (QED) is 0.663. The Hall–Kier alpha value is -2.15. The first kappa shape index (κ1) is 16.7. The van der Waals surface area contributed by atoms with Crippen LogP contribution < -0.4 is 5.43 Å². The number of aryl methyl sites for hydroxylation is 1. The number of amides is 1. The zero-order valence-electron chi connectivity index (χ0n) is 13.5. The highest BCUT2D eigenvalue weighted by Gasteiger charge is 2.29. The van der Waals surface area contributed by atoms with Crippen molar-refractivity contribution in [3.05, 3.63) is 35.6 Å². The summed E-state index contributed by atoms with van der Waals surface area (Å²) in [6.07, 6.45) is 3.05. The van der Waals surface area contributed by atoms with Crippen molar-refractivity contribution in [3.63, 3.8) is 0 Å². The Balaban J connectivity index is 1.65. The predicted molar refractivity (Wildman–Crippen MR) is 92.7 cm³/mol. The van der Waals surface area contributed by atoms with Crippen LogP contribution in [0.4, 0.5) is 0 Å². The van der Waals surface area contributed by atoms with Gasteiger partial charge < -0.3 is 4.42 Å². The number of hydrogen-bond acceptors (Lipinski definition) is 5. The number of para-hydroxylation sites is 1. The average Bonchev–Trinajstić information content (AvgIpc) is 3.07. The Morgan fingerprint density at radius 2 is 2.21 bits per heavy atom. The van der Waals surface area contributed by atoms with E-state index in [1.54, 1.807) is 6.21 Å². The molecule has 1 aliphatic heterocycles. The highest BCUT2D eigenvalue weighted by molar-refractivity contribution is 7.91. The van der Waals surface area contributed by atoms with E-state index in [4.69, 9.17) is 4.42 Å². The van der Waals surface area contributed by atoms with E-state index in [2.05, 4.69) is 10.5 Å². The Bertz CT molecular complexity index is 883. The molecule has 1 atom stereocenters. The number of fused-ring (bicyclic) bond motifs is 1. The predicted octanol–water partition coefficient (Wildman–Crippen LogP) is 2.27. The minimum absolute atomic E-state index is 0.0937. The molecule has 0 bridgehead atoms. The molecule has 7 heteroatoms. The Morgan fingerprint density at radius 1 is 1.42 bits per heavy atom. The van der Waals surface area contributed by atoms with Crippen LogP contribution in [0.15, 0.2) is 33.8 Å². The van der Waals surface area contributed by atoms with Crippen molar-refractivity contribution in [1.82, 2.24) is 5.43 Å². The highest BCUT2D eigenvalue weighted by Crippen LogP contribution is 2.25. The largest absolute Gasteiger partial charge is 0.460 e. The van der Waals surface area contributed by atoms with Crippen molar-refractivity contribution in [2.24, 2.45) is 11.0 Å². The standard InChI is InChI=1S/C17H20N2O4S/c1-2-15-14(13-5-3-4-6-16(13)23-15)10-18-19-17(20)9-12-7-8-24(21,22)11-12/h3-6,10,12H,2,7-9,11H2,1H3,(H,19,20)/b18-10-/t12-/m0/s1. The molecular weight excluding hydrogens is 328 g/mol. The molecule has 2 heterocycles. The number of sulfone groups is 1. The second-order valence-electron chi connectivity index (χ2n) is 6.05. The van der Waals surface area contributed by atoms with E-state index >= 15 is 0 Å². The van der Waals surface area contributed by atoms with Gasteiger partial charge in [0.25, 0.3) is 0 Å². The third-order valence-corrected chi connectivity index (χ3v) is 6.05. The third-order valence-electron chi connectivity index (χ3n) is 4.22. The number of furan rings is 1. The van der Waals surface area contributed by atoms with Crippen LogP contribution in [0, 0.1) is 5.92 Å². The van der Waals surface area contributed by atoms with Gasteiger partial charge in [-0.15, -0.1) is 0 Å². The maximum atomic E-state index is 11.9. The molecule has 0 unspecified atom stereocenters. The Kier molecular flexibility index (Phi) is 4.71. The Morgan fingerprint density at radius 3 is 2.92 bits per heavy atom. The lowest BCUT2D eigenvalue weighted by Gasteiger charge is -2.05. The maximum Gasteiger partial charge on any atom is 0.240 e. The van der Waals surface area contributed by atoms with Gasteiger partial charge in [0, 0.05) is 23.8 Å². The van der Waals surface area contributed by atoms with Gasteiger partial charge >= 0.3 is 0 Å². The topological polar surface area (TPSA) is 88.7 Å². The van der Waals surface area contributed by atoms with Gasteiger partial charge in [-0.2, -0.15) is 5.10 Å². The summed E-state index contributed by atoms with van der Waals surface area (Å²) in [7, 11) is -2.96. The number of rotatable bonds is 5. The van der Waals surface area contributed by atoms with E-state index in [9.17, 15) is 13.2 Å². The lowest BCUT2D eigenvalue weighted by molar-refractivity contribution is -0.121. The first-order valence-corrected chi connectivity index (χ1v) is 9.83. The summed E-state index contributed by atoms with van der Waals surface area (Å²) in [6.45, 7) is 1.99. The van der Waals surface area contributed by atoms with Crippen LogP contribution in [0.2, 0.25) is 0 Å². The van der Waals surface area contributed by atoms with Gasteiger partial charge in [-0.1, -0.05) is 25.1 Å². The molecule has 0 spiro atoms. The molecule has 1 N–H and O–H groups in total. The minimum Gasteiger partial charge on any atom is -0.460 e. The molecule has 1 aromatic heterocycles. The molecular formula is C17H20N2O4S. The van der Waals surface area contributed by atoms with Gasteiger partial charge in [-0.3, -0.25) is 4.79 Å². The van der Waals surface area contributed by atoms with E-state index in [0.29, 0.717) is 6.42 Å². The second kappa shape index (κ2) is 6.76. The van der Waals surface area contributed by atoms with Crippen LogP contribution >= 0.6 is 0 Å². The summed E-state index contributed by atoms with van der Waals surface area (Å²) in [5.41, 5.74) is 4.13. The highest BCUT2D eigenvalue weighted by atomic mass is 32.2. The van der Waals surface area contributed by atoms with Gasteiger partial charge in [0.05, 0.1) is 17.7 Å². The monoisotopic (exact) mass is 348 g/mol. The van der Waals surface area contributed by atoms with E-state index < -0.39 is 9.84 Å². The van der Waals surface area contributed by atoms with Crippen molar-refractivity contribution in [1.29, 1.82) is 0 Å². The zero-order chi connectivity index (χ0) is 17.2. The SMILES string of the molecule is CCc1oc2ccccc2c1/C=N\NC(=O)C[C@@H]1CCS(=O)(=O)C1. The molecule has 128 valence electrons. The van der Waals surface area contributed by atoms with Crippen molar-refractivity contribution in [3.8, 4) is 0 Å². The van der Waals surface area contributed by atoms with Gasteiger partial charge in [0.15, 0.2) is 9.84 Å². The number of hydrazone groups is 1.